The van der Waals surface area contributed by atoms with E-state index in [1.54, 1.807) is 0 Å². The van der Waals surface area contributed by atoms with Crippen molar-refractivity contribution in [1.82, 2.24) is 14.3 Å². The van der Waals surface area contributed by atoms with Gasteiger partial charge >= 0.3 is 5.97 Å². The van der Waals surface area contributed by atoms with Crippen LogP contribution in [-0.4, -0.2) is 38.4 Å². The molecule has 0 aliphatic rings. The van der Waals surface area contributed by atoms with Gasteiger partial charge in [0.2, 0.25) is 0 Å². The number of aromatic nitrogens is 2. The lowest BCUT2D eigenvalue weighted by molar-refractivity contribution is 0.0688. The summed E-state index contributed by atoms with van der Waals surface area (Å²) in [5.74, 6) is -1.51. The number of hydrogen-bond acceptors (Lipinski definition) is 3. The van der Waals surface area contributed by atoms with Gasteiger partial charge in [-0.25, -0.2) is 14.2 Å². The van der Waals surface area contributed by atoms with Crippen LogP contribution in [0.15, 0.2) is 18.3 Å². The highest BCUT2D eigenvalue weighted by Gasteiger charge is 2.19. The summed E-state index contributed by atoms with van der Waals surface area (Å²) in [4.78, 5) is 17.3. The predicted molar refractivity (Wildman–Crippen MR) is 68.7 cm³/mol. The first-order chi connectivity index (χ1) is 9.06. The van der Waals surface area contributed by atoms with Crippen molar-refractivity contribution in [2.75, 3.05) is 13.1 Å². The summed E-state index contributed by atoms with van der Waals surface area (Å²) in [7, 11) is 0. The Morgan fingerprint density at radius 1 is 1.42 bits per heavy atom. The fraction of sp³-hybridized carbons (Fsp3) is 0.385. The van der Waals surface area contributed by atoms with E-state index in [1.807, 2.05) is 13.8 Å². The van der Waals surface area contributed by atoms with Gasteiger partial charge in [0, 0.05) is 12.7 Å². The SMILES string of the molecule is CCN(CC)Cc1c(C(=O)O)nc2ccc(F)cn12. The Bertz CT molecular complexity index is 605. The second-order valence-electron chi connectivity index (χ2n) is 4.25. The molecule has 102 valence electrons. The highest BCUT2D eigenvalue weighted by molar-refractivity contribution is 5.87. The van der Waals surface area contributed by atoms with Crippen molar-refractivity contribution in [2.24, 2.45) is 0 Å². The van der Waals surface area contributed by atoms with Gasteiger partial charge in [-0.2, -0.15) is 0 Å². The zero-order valence-corrected chi connectivity index (χ0v) is 10.9. The molecule has 0 aliphatic heterocycles. The van der Waals surface area contributed by atoms with E-state index in [9.17, 15) is 14.3 Å². The molecule has 2 aromatic heterocycles. The number of rotatable bonds is 5. The smallest absolute Gasteiger partial charge is 0.356 e. The Kier molecular flexibility index (Phi) is 3.80. The molecule has 0 fully saturated rings. The van der Waals surface area contributed by atoms with E-state index in [4.69, 9.17) is 0 Å². The molecular weight excluding hydrogens is 249 g/mol. The molecule has 1 N–H and O–H groups in total. The number of halogens is 1. The molecule has 5 nitrogen and oxygen atoms in total. The van der Waals surface area contributed by atoms with Crippen LogP contribution in [0.5, 0.6) is 0 Å². The van der Waals surface area contributed by atoms with Gasteiger partial charge in [0.25, 0.3) is 0 Å². The van der Waals surface area contributed by atoms with E-state index < -0.39 is 11.8 Å². The predicted octanol–water partition coefficient (Wildman–Crippen LogP) is 2.01. The molecule has 0 saturated carbocycles. The number of nitrogens with zero attached hydrogens (tertiary/aromatic N) is 3. The fourth-order valence-electron chi connectivity index (χ4n) is 2.05. The normalized spacial score (nSPS) is 11.4. The molecule has 2 heterocycles. The van der Waals surface area contributed by atoms with Gasteiger partial charge in [0.15, 0.2) is 5.69 Å². The summed E-state index contributed by atoms with van der Waals surface area (Å²) in [6.07, 6.45) is 1.27. The number of carboxylic acid groups (broad SMARTS) is 1. The number of carboxylic acids is 1. The molecule has 19 heavy (non-hydrogen) atoms. The zero-order valence-electron chi connectivity index (χ0n) is 10.9. The summed E-state index contributed by atoms with van der Waals surface area (Å²) in [5.41, 5.74) is 0.934. The van der Waals surface area contributed by atoms with Crippen molar-refractivity contribution >= 4 is 11.6 Å². The van der Waals surface area contributed by atoms with Crippen LogP contribution in [0.1, 0.15) is 30.0 Å². The minimum Gasteiger partial charge on any atom is -0.476 e. The Labute approximate surface area is 110 Å². The van der Waals surface area contributed by atoms with Gasteiger partial charge in [0.1, 0.15) is 11.5 Å². The third-order valence-corrected chi connectivity index (χ3v) is 3.15. The average Bonchev–Trinajstić information content (AvgIpc) is 2.74. The van der Waals surface area contributed by atoms with Crippen LogP contribution < -0.4 is 0 Å². The highest BCUT2D eigenvalue weighted by atomic mass is 19.1. The van der Waals surface area contributed by atoms with Crippen LogP contribution in [0.3, 0.4) is 0 Å². The van der Waals surface area contributed by atoms with E-state index in [1.165, 1.54) is 22.7 Å². The first-order valence-electron chi connectivity index (χ1n) is 6.19. The lowest BCUT2D eigenvalue weighted by Gasteiger charge is -2.17. The van der Waals surface area contributed by atoms with Crippen LogP contribution in [0.2, 0.25) is 0 Å². The van der Waals surface area contributed by atoms with Crippen LogP contribution in [-0.2, 0) is 6.54 Å². The molecule has 0 unspecified atom stereocenters. The number of imidazole rings is 1. The average molecular weight is 265 g/mol. The Morgan fingerprint density at radius 3 is 2.68 bits per heavy atom. The second-order valence-corrected chi connectivity index (χ2v) is 4.25. The van der Waals surface area contributed by atoms with Crippen molar-refractivity contribution < 1.29 is 14.3 Å². The lowest BCUT2D eigenvalue weighted by atomic mass is 10.3. The van der Waals surface area contributed by atoms with Gasteiger partial charge < -0.3 is 5.11 Å². The van der Waals surface area contributed by atoms with E-state index >= 15 is 0 Å². The van der Waals surface area contributed by atoms with Crippen molar-refractivity contribution in [1.29, 1.82) is 0 Å². The van der Waals surface area contributed by atoms with Crippen LogP contribution in [0.25, 0.3) is 5.65 Å². The summed E-state index contributed by atoms with van der Waals surface area (Å²) in [5, 5.41) is 9.21. The summed E-state index contributed by atoms with van der Waals surface area (Å²) in [6.45, 7) is 6.00. The molecular formula is C13H16FN3O2. The molecule has 0 amide bonds. The zero-order chi connectivity index (χ0) is 14.0. The molecule has 6 heteroatoms. The molecule has 0 spiro atoms. The molecule has 0 saturated heterocycles. The first-order valence-corrected chi connectivity index (χ1v) is 6.19. The summed E-state index contributed by atoms with van der Waals surface area (Å²) >= 11 is 0. The Balaban J connectivity index is 2.56. The van der Waals surface area contributed by atoms with Crippen molar-refractivity contribution in [3.63, 3.8) is 0 Å². The number of aromatic carboxylic acids is 1. The van der Waals surface area contributed by atoms with Crippen LogP contribution in [0.4, 0.5) is 4.39 Å². The standard InChI is InChI=1S/C13H16FN3O2/c1-3-16(4-2)8-10-12(13(18)19)15-11-6-5-9(14)7-17(10)11/h5-7H,3-4,8H2,1-2H3,(H,18,19). The van der Waals surface area contributed by atoms with E-state index in [2.05, 4.69) is 9.88 Å². The molecule has 0 bridgehead atoms. The largest absolute Gasteiger partial charge is 0.476 e. The molecule has 0 aromatic carbocycles. The van der Waals surface area contributed by atoms with Crippen molar-refractivity contribution in [3.8, 4) is 0 Å². The summed E-state index contributed by atoms with van der Waals surface area (Å²) in [6, 6.07) is 2.75. The molecule has 0 aliphatic carbocycles. The highest BCUT2D eigenvalue weighted by Crippen LogP contribution is 2.16. The minimum absolute atomic E-state index is 0.0162. The third-order valence-electron chi connectivity index (χ3n) is 3.15. The topological polar surface area (TPSA) is 57.8 Å². The van der Waals surface area contributed by atoms with E-state index in [0.29, 0.717) is 17.9 Å². The maximum atomic E-state index is 13.3. The molecule has 0 atom stereocenters. The molecule has 2 rings (SSSR count). The van der Waals surface area contributed by atoms with E-state index in [0.717, 1.165) is 13.1 Å². The first kappa shape index (κ1) is 13.5. The molecule has 0 radical (unpaired) electrons. The number of carbonyl (C=O) groups is 1. The number of fused-ring (bicyclic) bond motifs is 1. The Morgan fingerprint density at radius 2 is 2.11 bits per heavy atom. The quantitative estimate of drug-likeness (QED) is 0.898. The number of pyridine rings is 1. The van der Waals surface area contributed by atoms with Crippen molar-refractivity contribution in [3.05, 3.63) is 35.5 Å². The monoisotopic (exact) mass is 265 g/mol. The maximum Gasteiger partial charge on any atom is 0.356 e. The van der Waals surface area contributed by atoms with Gasteiger partial charge in [-0.15, -0.1) is 0 Å². The summed E-state index contributed by atoms with van der Waals surface area (Å²) < 4.78 is 14.8. The van der Waals surface area contributed by atoms with Gasteiger partial charge in [-0.1, -0.05) is 13.8 Å². The van der Waals surface area contributed by atoms with E-state index in [-0.39, 0.29) is 5.69 Å². The molecule has 2 aromatic rings. The van der Waals surface area contributed by atoms with Gasteiger partial charge in [-0.05, 0) is 25.2 Å². The minimum atomic E-state index is -1.09. The second kappa shape index (κ2) is 5.36. The van der Waals surface area contributed by atoms with Crippen LogP contribution >= 0.6 is 0 Å². The Hall–Kier alpha value is -1.95. The van der Waals surface area contributed by atoms with Crippen LogP contribution in [0, 0.1) is 5.82 Å². The fourth-order valence-corrected chi connectivity index (χ4v) is 2.05. The van der Waals surface area contributed by atoms with Gasteiger partial charge in [0.05, 0.1) is 5.69 Å². The van der Waals surface area contributed by atoms with Crippen molar-refractivity contribution in [2.45, 2.75) is 20.4 Å². The third kappa shape index (κ3) is 2.58. The number of hydrogen-bond donors (Lipinski definition) is 1. The maximum absolute atomic E-state index is 13.3. The van der Waals surface area contributed by atoms with Gasteiger partial charge in [-0.3, -0.25) is 9.30 Å². The lowest BCUT2D eigenvalue weighted by Crippen LogP contribution is -2.24.